The van der Waals surface area contributed by atoms with E-state index in [0.717, 1.165) is 17.9 Å². The summed E-state index contributed by atoms with van der Waals surface area (Å²) in [4.78, 5) is 15.5. The highest BCUT2D eigenvalue weighted by Crippen LogP contribution is 2.14. The molecule has 0 radical (unpaired) electrons. The van der Waals surface area contributed by atoms with Gasteiger partial charge in [0.25, 0.3) is 0 Å². The number of ether oxygens (including phenoxy) is 1. The first-order valence-electron chi connectivity index (χ1n) is 7.27. The molecule has 6 nitrogen and oxygen atoms in total. The Morgan fingerprint density at radius 1 is 1.09 bits per heavy atom. The topological polar surface area (TPSA) is 84.8 Å². The van der Waals surface area contributed by atoms with Crippen molar-refractivity contribution in [2.24, 2.45) is 5.73 Å². The van der Waals surface area contributed by atoms with E-state index in [2.05, 4.69) is 10.6 Å². The number of benzene rings is 1. The predicted octanol–water partition coefficient (Wildman–Crippen LogP) is 2.15. The fourth-order valence-corrected chi connectivity index (χ4v) is 1.59. The molecule has 4 N–H and O–H groups in total. The van der Waals surface area contributed by atoms with Crippen LogP contribution >= 0.6 is 0 Å². The first kappa shape index (κ1) is 20.1. The number of hydrogen-bond donors (Lipinski definition) is 2. The van der Waals surface area contributed by atoms with Crippen molar-refractivity contribution in [2.45, 2.75) is 26.4 Å². The molecule has 0 atom stereocenters. The van der Waals surface area contributed by atoms with Crippen LogP contribution in [0.5, 0.6) is 0 Å². The minimum atomic E-state index is -0.464. The van der Waals surface area contributed by atoms with Crippen LogP contribution in [-0.4, -0.2) is 50.8 Å². The predicted molar refractivity (Wildman–Crippen MR) is 93.1 cm³/mol. The maximum Gasteiger partial charge on any atom is 0.410 e. The van der Waals surface area contributed by atoms with Crippen LogP contribution in [0.1, 0.15) is 20.8 Å². The summed E-state index contributed by atoms with van der Waals surface area (Å²) in [5.74, 6) is 0. The number of hydrogen-bond acceptors (Lipinski definition) is 5. The standard InChI is InChI=1S/C15H25N3O2.CH5N/c1-15(2,3)20-14(19)18(5)11-10-17(4)13-8-6-12(16)7-9-13;1-2/h6-9H,10-11,16H2,1-5H3;2H2,1H3. The molecular weight excluding hydrogens is 280 g/mol. The van der Waals surface area contributed by atoms with E-state index in [1.54, 1.807) is 11.9 Å². The van der Waals surface area contributed by atoms with Gasteiger partial charge in [-0.1, -0.05) is 0 Å². The first-order valence-corrected chi connectivity index (χ1v) is 7.27. The van der Waals surface area contributed by atoms with Crippen LogP contribution in [0.4, 0.5) is 16.2 Å². The molecule has 0 bridgehead atoms. The highest BCUT2D eigenvalue weighted by Gasteiger charge is 2.19. The molecule has 6 heteroatoms. The molecule has 126 valence electrons. The summed E-state index contributed by atoms with van der Waals surface area (Å²) in [6.07, 6.45) is -0.303. The van der Waals surface area contributed by atoms with Crippen LogP contribution in [-0.2, 0) is 4.74 Å². The zero-order valence-electron chi connectivity index (χ0n) is 14.6. The number of nitrogens with zero attached hydrogens (tertiary/aromatic N) is 2. The molecule has 0 fully saturated rings. The third-order valence-electron chi connectivity index (χ3n) is 2.81. The molecule has 0 aromatic heterocycles. The fourth-order valence-electron chi connectivity index (χ4n) is 1.59. The summed E-state index contributed by atoms with van der Waals surface area (Å²) < 4.78 is 5.31. The number of likely N-dealkylation sites (N-methyl/N-ethyl adjacent to an activating group) is 2. The van der Waals surface area contributed by atoms with Gasteiger partial charge < -0.3 is 26.0 Å². The lowest BCUT2D eigenvalue weighted by Crippen LogP contribution is -2.38. The van der Waals surface area contributed by atoms with Gasteiger partial charge in [-0.2, -0.15) is 0 Å². The molecule has 0 saturated heterocycles. The van der Waals surface area contributed by atoms with E-state index in [9.17, 15) is 4.79 Å². The van der Waals surface area contributed by atoms with Gasteiger partial charge in [-0.3, -0.25) is 0 Å². The number of amides is 1. The molecule has 0 saturated carbocycles. The number of anilines is 2. The molecule has 0 unspecified atom stereocenters. The normalized spacial score (nSPS) is 10.3. The molecule has 1 amide bonds. The molecule has 1 rings (SSSR count). The molecule has 1 aromatic rings. The summed E-state index contributed by atoms with van der Waals surface area (Å²) in [5, 5.41) is 0. The summed E-state index contributed by atoms with van der Waals surface area (Å²) in [6, 6.07) is 7.65. The van der Waals surface area contributed by atoms with E-state index in [4.69, 9.17) is 10.5 Å². The molecular formula is C16H30N4O2. The number of carbonyl (C=O) groups is 1. The minimum Gasteiger partial charge on any atom is -0.444 e. The second-order valence-electron chi connectivity index (χ2n) is 5.91. The highest BCUT2D eigenvalue weighted by atomic mass is 16.6. The number of carbonyl (C=O) groups excluding carboxylic acids is 1. The van der Waals surface area contributed by atoms with Crippen molar-refractivity contribution >= 4 is 17.5 Å². The maximum atomic E-state index is 11.8. The Labute approximate surface area is 134 Å². The fraction of sp³-hybridized carbons (Fsp3) is 0.562. The lowest BCUT2D eigenvalue weighted by molar-refractivity contribution is 0.0303. The van der Waals surface area contributed by atoms with Crippen LogP contribution in [0.2, 0.25) is 0 Å². The van der Waals surface area contributed by atoms with Gasteiger partial charge in [0.1, 0.15) is 5.60 Å². The van der Waals surface area contributed by atoms with Crippen molar-refractivity contribution in [1.29, 1.82) is 0 Å². The summed E-state index contributed by atoms with van der Waals surface area (Å²) in [5.41, 5.74) is 11.5. The van der Waals surface area contributed by atoms with Gasteiger partial charge in [0.2, 0.25) is 0 Å². The van der Waals surface area contributed by atoms with Crippen molar-refractivity contribution in [2.75, 3.05) is 44.9 Å². The van der Waals surface area contributed by atoms with Crippen molar-refractivity contribution < 1.29 is 9.53 Å². The van der Waals surface area contributed by atoms with E-state index in [0.29, 0.717) is 6.54 Å². The van der Waals surface area contributed by atoms with Crippen LogP contribution in [0.15, 0.2) is 24.3 Å². The van der Waals surface area contributed by atoms with Crippen LogP contribution in [0, 0.1) is 0 Å². The van der Waals surface area contributed by atoms with Crippen LogP contribution < -0.4 is 16.4 Å². The third-order valence-corrected chi connectivity index (χ3v) is 2.81. The zero-order valence-corrected chi connectivity index (χ0v) is 14.6. The Morgan fingerprint density at radius 3 is 2.05 bits per heavy atom. The number of nitrogens with two attached hydrogens (primary N) is 2. The van der Waals surface area contributed by atoms with Crippen LogP contribution in [0.25, 0.3) is 0 Å². The van der Waals surface area contributed by atoms with Gasteiger partial charge in [-0.25, -0.2) is 4.79 Å². The Hall–Kier alpha value is -1.95. The average molecular weight is 310 g/mol. The Kier molecular flexibility index (Phi) is 8.34. The smallest absolute Gasteiger partial charge is 0.410 e. The Balaban J connectivity index is 0.00000211. The maximum absolute atomic E-state index is 11.8. The Bertz CT molecular complexity index is 440. The highest BCUT2D eigenvalue weighted by molar-refractivity contribution is 5.67. The second-order valence-corrected chi connectivity index (χ2v) is 5.91. The molecule has 0 aliphatic rings. The first-order chi connectivity index (χ1) is 10.2. The van der Waals surface area contributed by atoms with Crippen molar-refractivity contribution in [3.05, 3.63) is 24.3 Å². The van der Waals surface area contributed by atoms with Gasteiger partial charge in [0, 0.05) is 38.6 Å². The van der Waals surface area contributed by atoms with E-state index in [1.807, 2.05) is 52.1 Å². The molecule has 0 aliphatic carbocycles. The van der Waals surface area contributed by atoms with Gasteiger partial charge in [-0.05, 0) is 52.1 Å². The number of rotatable bonds is 4. The van der Waals surface area contributed by atoms with E-state index in [1.165, 1.54) is 7.05 Å². The lowest BCUT2D eigenvalue weighted by atomic mass is 10.2. The summed E-state index contributed by atoms with van der Waals surface area (Å²) >= 11 is 0. The van der Waals surface area contributed by atoms with Crippen molar-refractivity contribution in [1.82, 2.24) is 4.90 Å². The average Bonchev–Trinajstić information content (AvgIpc) is 2.45. The third kappa shape index (κ3) is 7.73. The Morgan fingerprint density at radius 2 is 1.59 bits per heavy atom. The molecule has 0 spiro atoms. The number of nitrogen functional groups attached to an aromatic ring is 1. The minimum absolute atomic E-state index is 0.303. The quantitative estimate of drug-likeness (QED) is 0.832. The zero-order chi connectivity index (χ0) is 17.3. The van der Waals surface area contributed by atoms with Gasteiger partial charge >= 0.3 is 6.09 Å². The van der Waals surface area contributed by atoms with Gasteiger partial charge in [0.05, 0.1) is 0 Å². The largest absolute Gasteiger partial charge is 0.444 e. The van der Waals surface area contributed by atoms with Gasteiger partial charge in [0.15, 0.2) is 0 Å². The monoisotopic (exact) mass is 310 g/mol. The molecule has 1 aromatic carbocycles. The summed E-state index contributed by atoms with van der Waals surface area (Å²) in [6.45, 7) is 6.90. The van der Waals surface area contributed by atoms with Gasteiger partial charge in [-0.15, -0.1) is 0 Å². The van der Waals surface area contributed by atoms with E-state index < -0.39 is 5.60 Å². The van der Waals surface area contributed by atoms with Crippen molar-refractivity contribution in [3.63, 3.8) is 0 Å². The van der Waals surface area contributed by atoms with E-state index in [-0.39, 0.29) is 6.09 Å². The molecule has 22 heavy (non-hydrogen) atoms. The molecule has 0 aliphatic heterocycles. The summed E-state index contributed by atoms with van der Waals surface area (Å²) in [7, 11) is 5.22. The van der Waals surface area contributed by atoms with Crippen molar-refractivity contribution in [3.8, 4) is 0 Å². The second kappa shape index (κ2) is 9.15. The van der Waals surface area contributed by atoms with Crippen LogP contribution in [0.3, 0.4) is 0 Å². The van der Waals surface area contributed by atoms with E-state index >= 15 is 0 Å². The molecule has 0 heterocycles. The SMILES string of the molecule is CN.CN(CCN(C)c1ccc(N)cc1)C(=O)OC(C)(C)C. The lowest BCUT2D eigenvalue weighted by Gasteiger charge is -2.27.